The second kappa shape index (κ2) is 3.40. The average molecular weight is 243 g/mol. The van der Waals surface area contributed by atoms with Crippen molar-refractivity contribution in [3.05, 3.63) is 40.6 Å². The van der Waals surface area contributed by atoms with E-state index >= 15 is 0 Å². The van der Waals surface area contributed by atoms with Gasteiger partial charge in [0.25, 0.3) is 0 Å². The lowest BCUT2D eigenvalue weighted by atomic mass is 10.1. The Kier molecular flexibility index (Phi) is 1.98. The topological polar surface area (TPSA) is 96.7 Å². The summed E-state index contributed by atoms with van der Waals surface area (Å²) in [5, 5.41) is 19.4. The fraction of sp³-hybridized carbons (Fsp3) is 0. The number of rotatable bonds is 0. The molecule has 2 aromatic carbocycles. The molecule has 0 bridgehead atoms. The Hall–Kier alpha value is -2.69. The lowest BCUT2D eigenvalue weighted by Gasteiger charge is -2.04. The fourth-order valence-electron chi connectivity index (χ4n) is 1.96. The second-order valence-electron chi connectivity index (χ2n) is 4.02. The number of nitrogens with two attached hydrogens (primary N) is 1. The molecule has 0 spiro atoms. The Morgan fingerprint density at radius 3 is 2.61 bits per heavy atom. The van der Waals surface area contributed by atoms with Gasteiger partial charge in [0.05, 0.1) is 5.39 Å². The first-order chi connectivity index (χ1) is 8.56. The predicted molar refractivity (Wildman–Crippen MR) is 67.7 cm³/mol. The molecular weight excluding hydrogens is 234 g/mol. The fourth-order valence-corrected chi connectivity index (χ4v) is 1.96. The van der Waals surface area contributed by atoms with Crippen LogP contribution in [0.1, 0.15) is 0 Å². The van der Waals surface area contributed by atoms with Gasteiger partial charge in [-0.15, -0.1) is 0 Å². The molecule has 0 unspecified atom stereocenters. The van der Waals surface area contributed by atoms with E-state index < -0.39 is 0 Å². The van der Waals surface area contributed by atoms with Crippen LogP contribution in [-0.4, -0.2) is 10.2 Å². The van der Waals surface area contributed by atoms with E-state index in [1.165, 1.54) is 12.1 Å². The van der Waals surface area contributed by atoms with Gasteiger partial charge in [-0.05, 0) is 18.2 Å². The number of anilines is 1. The molecule has 0 saturated carbocycles. The monoisotopic (exact) mass is 243 g/mol. The molecule has 0 amide bonds. The first-order valence-electron chi connectivity index (χ1n) is 5.24. The predicted octanol–water partition coefficient (Wildman–Crippen LogP) is 1.94. The Bertz CT molecular complexity index is 836. The number of fused-ring (bicyclic) bond motifs is 2. The maximum Gasteiger partial charge on any atom is 0.204 e. The Morgan fingerprint density at radius 1 is 1.06 bits per heavy atom. The van der Waals surface area contributed by atoms with Crippen LogP contribution < -0.4 is 11.2 Å². The van der Waals surface area contributed by atoms with Gasteiger partial charge in [0.15, 0.2) is 0 Å². The summed E-state index contributed by atoms with van der Waals surface area (Å²) in [4.78, 5) is 12.2. The largest absolute Gasteiger partial charge is 0.508 e. The SMILES string of the molecule is Nc1ccc2oc3cc(O)cc(O)c3c(=O)c2c1. The zero-order valence-corrected chi connectivity index (χ0v) is 9.18. The molecule has 0 aliphatic rings. The molecule has 18 heavy (non-hydrogen) atoms. The van der Waals surface area contributed by atoms with Crippen molar-refractivity contribution in [3.63, 3.8) is 0 Å². The first-order valence-corrected chi connectivity index (χ1v) is 5.24. The number of hydrogen-bond donors (Lipinski definition) is 3. The molecule has 0 radical (unpaired) electrons. The minimum atomic E-state index is -0.379. The van der Waals surface area contributed by atoms with Gasteiger partial charge in [-0.3, -0.25) is 4.79 Å². The van der Waals surface area contributed by atoms with Crippen molar-refractivity contribution in [3.8, 4) is 11.5 Å². The van der Waals surface area contributed by atoms with E-state index in [9.17, 15) is 15.0 Å². The highest BCUT2D eigenvalue weighted by molar-refractivity contribution is 5.94. The summed E-state index contributed by atoms with van der Waals surface area (Å²) in [6.45, 7) is 0. The highest BCUT2D eigenvalue weighted by Crippen LogP contribution is 2.30. The minimum Gasteiger partial charge on any atom is -0.508 e. The molecule has 5 nitrogen and oxygen atoms in total. The summed E-state index contributed by atoms with van der Waals surface area (Å²) < 4.78 is 5.47. The number of nitrogen functional groups attached to an aromatic ring is 1. The third-order valence-corrected chi connectivity index (χ3v) is 2.76. The van der Waals surface area contributed by atoms with E-state index in [0.29, 0.717) is 16.7 Å². The van der Waals surface area contributed by atoms with Gasteiger partial charge >= 0.3 is 0 Å². The summed E-state index contributed by atoms with van der Waals surface area (Å²) in [5.74, 6) is -0.485. The molecule has 3 rings (SSSR count). The molecule has 0 aliphatic carbocycles. The number of phenolic OH excluding ortho intramolecular Hbond substituents is 2. The third-order valence-electron chi connectivity index (χ3n) is 2.76. The van der Waals surface area contributed by atoms with Crippen molar-refractivity contribution in [2.75, 3.05) is 5.73 Å². The molecular formula is C13H9NO4. The summed E-state index contributed by atoms with van der Waals surface area (Å²) in [6.07, 6.45) is 0. The van der Waals surface area contributed by atoms with Gasteiger partial charge in [-0.25, -0.2) is 0 Å². The van der Waals surface area contributed by atoms with Crippen molar-refractivity contribution in [2.45, 2.75) is 0 Å². The van der Waals surface area contributed by atoms with Gasteiger partial charge in [0, 0.05) is 17.8 Å². The van der Waals surface area contributed by atoms with E-state index in [-0.39, 0.29) is 27.9 Å². The summed E-state index contributed by atoms with van der Waals surface area (Å²) in [5.41, 5.74) is 6.16. The van der Waals surface area contributed by atoms with Gasteiger partial charge < -0.3 is 20.4 Å². The zero-order valence-electron chi connectivity index (χ0n) is 9.18. The molecule has 90 valence electrons. The smallest absolute Gasteiger partial charge is 0.204 e. The normalized spacial score (nSPS) is 11.1. The highest BCUT2D eigenvalue weighted by atomic mass is 16.3. The molecule has 4 N–H and O–H groups in total. The average Bonchev–Trinajstić information content (AvgIpc) is 2.29. The minimum absolute atomic E-state index is 0.0332. The number of benzene rings is 2. The van der Waals surface area contributed by atoms with Crippen LogP contribution in [0.3, 0.4) is 0 Å². The van der Waals surface area contributed by atoms with Crippen molar-refractivity contribution in [1.29, 1.82) is 0 Å². The van der Waals surface area contributed by atoms with Crippen molar-refractivity contribution < 1.29 is 14.6 Å². The second-order valence-corrected chi connectivity index (χ2v) is 4.02. The Balaban J connectivity index is 2.61. The quantitative estimate of drug-likeness (QED) is 0.414. The first kappa shape index (κ1) is 10.5. The van der Waals surface area contributed by atoms with E-state index in [1.54, 1.807) is 12.1 Å². The van der Waals surface area contributed by atoms with Gasteiger partial charge in [-0.1, -0.05) is 0 Å². The van der Waals surface area contributed by atoms with Crippen LogP contribution in [0.15, 0.2) is 39.5 Å². The van der Waals surface area contributed by atoms with E-state index in [0.717, 1.165) is 6.07 Å². The number of phenols is 2. The lowest BCUT2D eigenvalue weighted by Crippen LogP contribution is -2.03. The summed E-state index contributed by atoms with van der Waals surface area (Å²) in [6, 6.07) is 7.06. The molecule has 1 aromatic heterocycles. The van der Waals surface area contributed by atoms with Crippen LogP contribution in [0.4, 0.5) is 5.69 Å². The third kappa shape index (κ3) is 1.37. The molecule has 0 saturated heterocycles. The van der Waals surface area contributed by atoms with Crippen LogP contribution >= 0.6 is 0 Å². The van der Waals surface area contributed by atoms with Crippen LogP contribution in [0.2, 0.25) is 0 Å². The Morgan fingerprint density at radius 2 is 1.83 bits per heavy atom. The molecule has 0 atom stereocenters. The molecule has 0 aliphatic heterocycles. The molecule has 5 heteroatoms. The van der Waals surface area contributed by atoms with Crippen molar-refractivity contribution in [2.24, 2.45) is 0 Å². The van der Waals surface area contributed by atoms with Crippen molar-refractivity contribution >= 4 is 27.6 Å². The maximum absolute atomic E-state index is 12.2. The Labute approximate surface area is 101 Å². The standard InChI is InChI=1S/C13H9NO4/c14-6-1-2-10-8(3-6)13(17)12-9(16)4-7(15)5-11(12)18-10/h1-5,15-16H,14H2. The van der Waals surface area contributed by atoms with E-state index in [2.05, 4.69) is 0 Å². The van der Waals surface area contributed by atoms with Crippen molar-refractivity contribution in [1.82, 2.24) is 0 Å². The van der Waals surface area contributed by atoms with Gasteiger partial charge in [0.2, 0.25) is 5.43 Å². The van der Waals surface area contributed by atoms with Crippen LogP contribution in [0.25, 0.3) is 21.9 Å². The van der Waals surface area contributed by atoms with Crippen LogP contribution in [-0.2, 0) is 0 Å². The highest BCUT2D eigenvalue weighted by Gasteiger charge is 2.12. The molecule has 1 heterocycles. The van der Waals surface area contributed by atoms with Gasteiger partial charge in [-0.2, -0.15) is 0 Å². The lowest BCUT2D eigenvalue weighted by molar-refractivity contribution is 0.453. The van der Waals surface area contributed by atoms with Crippen LogP contribution in [0, 0.1) is 0 Å². The zero-order chi connectivity index (χ0) is 12.9. The molecule has 3 aromatic rings. The maximum atomic E-state index is 12.2. The summed E-state index contributed by atoms with van der Waals surface area (Å²) >= 11 is 0. The summed E-state index contributed by atoms with van der Waals surface area (Å²) in [7, 11) is 0. The number of aromatic hydroxyl groups is 2. The van der Waals surface area contributed by atoms with Crippen LogP contribution in [0.5, 0.6) is 11.5 Å². The number of hydrogen-bond acceptors (Lipinski definition) is 5. The van der Waals surface area contributed by atoms with E-state index in [4.69, 9.17) is 10.2 Å². The molecule has 0 fully saturated rings. The van der Waals surface area contributed by atoms with E-state index in [1.807, 2.05) is 0 Å². The van der Waals surface area contributed by atoms with Gasteiger partial charge in [0.1, 0.15) is 28.1 Å².